The molecule has 1 fully saturated rings. The zero-order chi connectivity index (χ0) is 23.8. The Balaban J connectivity index is 1.85. The highest BCUT2D eigenvalue weighted by molar-refractivity contribution is 6.48. The molecule has 2 heterocycles. The number of benzene rings is 2. The smallest absolute Gasteiger partial charge is 0.295 e. The average Bonchev–Trinajstić information content (AvgIpc) is 3.46. The quantitative estimate of drug-likeness (QED) is 0.436. The molecule has 0 aliphatic carbocycles. The molecule has 2 atom stereocenters. The van der Waals surface area contributed by atoms with E-state index in [4.69, 9.17) is 9.26 Å². The number of rotatable bonds is 7. The number of hydrogen-bond donors (Lipinski definition) is 1. The number of aliphatic hydroxyl groups is 1. The number of anilines is 1. The van der Waals surface area contributed by atoms with E-state index >= 15 is 0 Å². The van der Waals surface area contributed by atoms with Crippen molar-refractivity contribution in [3.63, 3.8) is 0 Å². The van der Waals surface area contributed by atoms with Gasteiger partial charge in [-0.3, -0.25) is 19.3 Å². The molecule has 33 heavy (non-hydrogen) atoms. The van der Waals surface area contributed by atoms with Crippen molar-refractivity contribution in [3.8, 4) is 17.0 Å². The fraction of sp³-hybridized carbons (Fsp3) is 0.280. The second-order valence-corrected chi connectivity index (χ2v) is 8.54. The predicted molar refractivity (Wildman–Crippen MR) is 120 cm³/mol. The van der Waals surface area contributed by atoms with Crippen LogP contribution in [-0.4, -0.2) is 41.5 Å². The van der Waals surface area contributed by atoms with E-state index in [1.54, 1.807) is 68.4 Å². The fourth-order valence-electron chi connectivity index (χ4n) is 4.09. The highest BCUT2D eigenvalue weighted by Crippen LogP contribution is 2.45. The summed E-state index contributed by atoms with van der Waals surface area (Å²) in [5, 5.41) is 13.7. The summed E-state index contributed by atoms with van der Waals surface area (Å²) in [5.74, 6) is -2.92. The van der Waals surface area contributed by atoms with Crippen LogP contribution in [0.5, 0.6) is 5.75 Å². The predicted octanol–water partition coefficient (Wildman–Crippen LogP) is 3.21. The lowest BCUT2D eigenvalue weighted by Crippen LogP contribution is -2.39. The van der Waals surface area contributed by atoms with Gasteiger partial charge >= 0.3 is 0 Å². The zero-order valence-corrected chi connectivity index (χ0v) is 18.5. The lowest BCUT2D eigenvalue weighted by atomic mass is 9.76. The van der Waals surface area contributed by atoms with E-state index in [1.165, 1.54) is 18.3 Å². The van der Waals surface area contributed by atoms with Crippen LogP contribution in [0.4, 0.5) is 5.69 Å². The van der Waals surface area contributed by atoms with E-state index in [9.17, 15) is 19.5 Å². The summed E-state index contributed by atoms with van der Waals surface area (Å²) in [5.41, 5.74) is 1.19. The number of carbonyl (C=O) groups excluding carboxylic acids is 3. The largest absolute Gasteiger partial charge is 0.496 e. The highest BCUT2D eigenvalue weighted by Gasteiger charge is 2.55. The van der Waals surface area contributed by atoms with Crippen molar-refractivity contribution >= 4 is 23.2 Å². The van der Waals surface area contributed by atoms with Crippen molar-refractivity contribution in [2.24, 2.45) is 11.3 Å². The molecule has 2 aromatic carbocycles. The van der Waals surface area contributed by atoms with Gasteiger partial charge in [-0.15, -0.1) is 0 Å². The van der Waals surface area contributed by atoms with E-state index in [0.29, 0.717) is 22.7 Å². The monoisotopic (exact) mass is 448 g/mol. The molecule has 0 radical (unpaired) electrons. The first-order chi connectivity index (χ1) is 15.8. The number of carbonyl (C=O) groups is 3. The van der Waals surface area contributed by atoms with Gasteiger partial charge < -0.3 is 14.4 Å². The number of aromatic nitrogens is 1. The van der Waals surface area contributed by atoms with Crippen LogP contribution in [0.15, 0.2) is 65.4 Å². The van der Waals surface area contributed by atoms with Gasteiger partial charge in [-0.2, -0.15) is 0 Å². The maximum Gasteiger partial charge on any atom is 0.295 e. The number of amides is 1. The molecule has 4 rings (SSSR count). The Labute approximate surface area is 190 Å². The number of aliphatic hydroxyl groups excluding tert-OH is 1. The van der Waals surface area contributed by atoms with Crippen molar-refractivity contribution in [1.29, 1.82) is 0 Å². The molecule has 0 bridgehead atoms. The van der Waals surface area contributed by atoms with E-state index in [-0.39, 0.29) is 0 Å². The lowest BCUT2D eigenvalue weighted by Gasteiger charge is -2.31. The van der Waals surface area contributed by atoms with Crippen LogP contribution < -0.4 is 9.64 Å². The topological polar surface area (TPSA) is 110 Å². The molecule has 0 spiro atoms. The Hall–Kier alpha value is -3.78. The van der Waals surface area contributed by atoms with Crippen molar-refractivity contribution in [2.75, 3.05) is 18.6 Å². The molecule has 170 valence electrons. The minimum Gasteiger partial charge on any atom is -0.496 e. The van der Waals surface area contributed by atoms with Gasteiger partial charge in [0.05, 0.1) is 19.8 Å². The normalized spacial score (nSPS) is 18.6. The van der Waals surface area contributed by atoms with Crippen LogP contribution in [-0.2, 0) is 14.4 Å². The van der Waals surface area contributed by atoms with Gasteiger partial charge in [-0.25, -0.2) is 0 Å². The fourth-order valence-corrected chi connectivity index (χ4v) is 4.09. The van der Waals surface area contributed by atoms with Crippen molar-refractivity contribution < 1.29 is 28.8 Å². The minimum absolute atomic E-state index is 0.450. The third-order valence-electron chi connectivity index (χ3n) is 5.99. The van der Waals surface area contributed by atoms with Crippen LogP contribution >= 0.6 is 0 Å². The standard InChI is InChI=1S/C25H24N2O6/c1-25(2,14-28)23(30)20-21(17-6-4-5-7-19(17)32-3)27(24(31)22(20)29)16-10-8-15(9-11-16)18-12-13-33-26-18/h4-13,20-21,28H,14H2,1-3H3. The molecular weight excluding hydrogens is 424 g/mol. The van der Waals surface area contributed by atoms with Crippen molar-refractivity contribution in [1.82, 2.24) is 5.16 Å². The third-order valence-corrected chi connectivity index (χ3v) is 5.99. The number of nitrogens with zero attached hydrogens (tertiary/aromatic N) is 2. The van der Waals surface area contributed by atoms with Gasteiger partial charge in [0, 0.05) is 28.3 Å². The summed E-state index contributed by atoms with van der Waals surface area (Å²) >= 11 is 0. The highest BCUT2D eigenvalue weighted by atomic mass is 16.5. The van der Waals surface area contributed by atoms with Crippen LogP contribution in [0.1, 0.15) is 25.5 Å². The summed E-state index contributed by atoms with van der Waals surface area (Å²) in [6, 6.07) is 14.7. The molecule has 1 aliphatic heterocycles. The molecule has 8 heteroatoms. The van der Waals surface area contributed by atoms with Crippen molar-refractivity contribution in [3.05, 3.63) is 66.4 Å². The average molecular weight is 448 g/mol. The summed E-state index contributed by atoms with van der Waals surface area (Å²) in [6.07, 6.45) is 1.46. The number of hydrogen-bond acceptors (Lipinski definition) is 7. The van der Waals surface area contributed by atoms with E-state index in [0.717, 1.165) is 5.56 Å². The van der Waals surface area contributed by atoms with Gasteiger partial charge in [0.1, 0.15) is 23.6 Å². The maximum absolute atomic E-state index is 13.4. The Morgan fingerprint density at radius 2 is 1.82 bits per heavy atom. The zero-order valence-electron chi connectivity index (χ0n) is 18.5. The molecular formula is C25H24N2O6. The summed E-state index contributed by atoms with van der Waals surface area (Å²) in [7, 11) is 1.49. The lowest BCUT2D eigenvalue weighted by molar-refractivity contribution is -0.142. The molecule has 1 amide bonds. The molecule has 2 unspecified atom stereocenters. The molecule has 8 nitrogen and oxygen atoms in total. The molecule has 0 saturated carbocycles. The van der Waals surface area contributed by atoms with Crippen LogP contribution in [0.3, 0.4) is 0 Å². The number of methoxy groups -OCH3 is 1. The van der Waals surface area contributed by atoms with Gasteiger partial charge in [-0.05, 0) is 18.2 Å². The Bertz CT molecular complexity index is 1180. The Morgan fingerprint density at radius 1 is 1.12 bits per heavy atom. The summed E-state index contributed by atoms with van der Waals surface area (Å²) in [6.45, 7) is 2.67. The minimum atomic E-state index is -1.29. The number of Topliss-reactive ketones (excluding diaryl/α,β-unsaturated/α-hetero) is 2. The Morgan fingerprint density at radius 3 is 2.42 bits per heavy atom. The second kappa shape index (κ2) is 8.63. The number of ether oxygens (including phenoxy) is 1. The number of ketones is 2. The van der Waals surface area contributed by atoms with Crippen molar-refractivity contribution in [2.45, 2.75) is 19.9 Å². The van der Waals surface area contributed by atoms with E-state index in [1.807, 2.05) is 0 Å². The number of para-hydroxylation sites is 1. The molecule has 3 aromatic rings. The molecule has 1 N–H and O–H groups in total. The summed E-state index contributed by atoms with van der Waals surface area (Å²) in [4.78, 5) is 41.1. The summed E-state index contributed by atoms with van der Waals surface area (Å²) < 4.78 is 10.4. The second-order valence-electron chi connectivity index (χ2n) is 8.54. The van der Waals surface area contributed by atoms with Gasteiger partial charge in [-0.1, -0.05) is 49.3 Å². The molecule has 1 aliphatic rings. The SMILES string of the molecule is COc1ccccc1C1C(C(=O)C(C)(C)CO)C(=O)C(=O)N1c1ccc(-c2ccon2)cc1. The first kappa shape index (κ1) is 22.4. The van der Waals surface area contributed by atoms with Gasteiger partial charge in [0.25, 0.3) is 5.91 Å². The van der Waals surface area contributed by atoms with Crippen LogP contribution in [0.2, 0.25) is 0 Å². The molecule has 1 aromatic heterocycles. The van der Waals surface area contributed by atoms with Gasteiger partial charge in [0.15, 0.2) is 5.78 Å². The Kier molecular flexibility index (Phi) is 5.86. The first-order valence-corrected chi connectivity index (χ1v) is 10.5. The third kappa shape index (κ3) is 3.82. The van der Waals surface area contributed by atoms with Crippen LogP contribution in [0.25, 0.3) is 11.3 Å². The maximum atomic E-state index is 13.4. The van der Waals surface area contributed by atoms with Gasteiger partial charge in [0.2, 0.25) is 5.78 Å². The molecule has 1 saturated heterocycles. The van der Waals surface area contributed by atoms with E-state index < -0.39 is 41.5 Å². The van der Waals surface area contributed by atoms with E-state index in [2.05, 4.69) is 5.16 Å². The van der Waals surface area contributed by atoms with Crippen LogP contribution in [0, 0.1) is 11.3 Å². The first-order valence-electron chi connectivity index (χ1n) is 10.5.